The molecule has 0 spiro atoms. The van der Waals surface area contributed by atoms with E-state index in [1.807, 2.05) is 35.2 Å². The third-order valence-corrected chi connectivity index (χ3v) is 4.02. The SMILES string of the molecule is C[C@H]1[C@H](C)N(C(=O)OCc2ccccc2)CCN1C. The Morgan fingerprint density at radius 1 is 1.21 bits per heavy atom. The van der Waals surface area contributed by atoms with Gasteiger partial charge in [0.25, 0.3) is 0 Å². The summed E-state index contributed by atoms with van der Waals surface area (Å²) >= 11 is 0. The Kier molecular flexibility index (Phi) is 4.43. The highest BCUT2D eigenvalue weighted by atomic mass is 16.6. The van der Waals surface area contributed by atoms with Crippen LogP contribution in [0.4, 0.5) is 4.79 Å². The molecule has 0 saturated carbocycles. The van der Waals surface area contributed by atoms with E-state index < -0.39 is 0 Å². The van der Waals surface area contributed by atoms with Gasteiger partial charge in [0.05, 0.1) is 0 Å². The van der Waals surface area contributed by atoms with Gasteiger partial charge in [-0.2, -0.15) is 0 Å². The highest BCUT2D eigenvalue weighted by Gasteiger charge is 2.32. The van der Waals surface area contributed by atoms with Gasteiger partial charge in [0.2, 0.25) is 0 Å². The van der Waals surface area contributed by atoms with Crippen LogP contribution < -0.4 is 0 Å². The third kappa shape index (κ3) is 3.26. The zero-order valence-corrected chi connectivity index (χ0v) is 11.9. The Hall–Kier alpha value is -1.55. The maximum absolute atomic E-state index is 12.1. The number of hydrogen-bond donors (Lipinski definition) is 0. The molecule has 1 aliphatic heterocycles. The Labute approximate surface area is 115 Å². The molecular weight excluding hydrogens is 240 g/mol. The monoisotopic (exact) mass is 262 g/mol. The van der Waals surface area contributed by atoms with E-state index in [0.29, 0.717) is 12.6 Å². The number of hydrogen-bond acceptors (Lipinski definition) is 3. The molecular formula is C15H22N2O2. The van der Waals surface area contributed by atoms with Crippen molar-refractivity contribution < 1.29 is 9.53 Å². The van der Waals surface area contributed by atoms with Gasteiger partial charge >= 0.3 is 6.09 Å². The van der Waals surface area contributed by atoms with Crippen molar-refractivity contribution in [2.75, 3.05) is 20.1 Å². The Bertz CT molecular complexity index is 421. The maximum Gasteiger partial charge on any atom is 0.410 e. The molecule has 1 heterocycles. The van der Waals surface area contributed by atoms with Gasteiger partial charge in [-0.3, -0.25) is 4.90 Å². The summed E-state index contributed by atoms with van der Waals surface area (Å²) in [6.45, 7) is 6.18. The number of nitrogens with zero attached hydrogens (tertiary/aromatic N) is 2. The van der Waals surface area contributed by atoms with Crippen LogP contribution in [0, 0.1) is 0 Å². The molecule has 1 aromatic carbocycles. The summed E-state index contributed by atoms with van der Waals surface area (Å²) in [6.07, 6.45) is -0.212. The van der Waals surface area contributed by atoms with Crippen molar-refractivity contribution in [3.63, 3.8) is 0 Å². The lowest BCUT2D eigenvalue weighted by Gasteiger charge is -2.42. The lowest BCUT2D eigenvalue weighted by Crippen LogP contribution is -2.57. The first-order valence-electron chi connectivity index (χ1n) is 6.77. The normalized spacial score (nSPS) is 24.3. The lowest BCUT2D eigenvalue weighted by atomic mass is 10.1. The molecule has 0 N–H and O–H groups in total. The third-order valence-electron chi connectivity index (χ3n) is 4.02. The fraction of sp³-hybridized carbons (Fsp3) is 0.533. The summed E-state index contributed by atoms with van der Waals surface area (Å²) in [7, 11) is 2.09. The number of ether oxygens (including phenoxy) is 1. The lowest BCUT2D eigenvalue weighted by molar-refractivity contribution is 0.0309. The molecule has 1 amide bonds. The molecule has 104 valence electrons. The number of benzene rings is 1. The van der Waals surface area contributed by atoms with E-state index in [9.17, 15) is 4.79 Å². The van der Waals surface area contributed by atoms with E-state index in [-0.39, 0.29) is 12.1 Å². The second-order valence-electron chi connectivity index (χ2n) is 5.20. The zero-order valence-electron chi connectivity index (χ0n) is 11.9. The topological polar surface area (TPSA) is 32.8 Å². The van der Waals surface area contributed by atoms with E-state index >= 15 is 0 Å². The van der Waals surface area contributed by atoms with Crippen molar-refractivity contribution in [2.24, 2.45) is 0 Å². The predicted molar refractivity (Wildman–Crippen MR) is 74.9 cm³/mol. The molecule has 2 rings (SSSR count). The zero-order chi connectivity index (χ0) is 13.8. The molecule has 4 nitrogen and oxygen atoms in total. The van der Waals surface area contributed by atoms with Crippen LogP contribution in [0.2, 0.25) is 0 Å². The van der Waals surface area contributed by atoms with Crippen molar-refractivity contribution in [2.45, 2.75) is 32.5 Å². The van der Waals surface area contributed by atoms with Crippen LogP contribution in [-0.2, 0) is 11.3 Å². The fourth-order valence-electron chi connectivity index (χ4n) is 2.36. The Balaban J connectivity index is 1.90. The number of amides is 1. The summed E-state index contributed by atoms with van der Waals surface area (Å²) in [6, 6.07) is 10.3. The first-order valence-corrected chi connectivity index (χ1v) is 6.77. The largest absolute Gasteiger partial charge is 0.445 e. The number of rotatable bonds is 2. The molecule has 1 aliphatic rings. The molecule has 0 radical (unpaired) electrons. The van der Waals surface area contributed by atoms with Gasteiger partial charge in [0.15, 0.2) is 0 Å². The summed E-state index contributed by atoms with van der Waals surface area (Å²) in [5.74, 6) is 0. The summed E-state index contributed by atoms with van der Waals surface area (Å²) in [5, 5.41) is 0. The predicted octanol–water partition coefficient (Wildman–Crippen LogP) is 2.35. The van der Waals surface area contributed by atoms with Crippen molar-refractivity contribution in [1.29, 1.82) is 0 Å². The standard InChI is InChI=1S/C15H22N2O2/c1-12-13(2)17(10-9-16(12)3)15(18)19-11-14-7-5-4-6-8-14/h4-8,12-13H,9-11H2,1-3H3/t12-,13-/m0/s1. The second kappa shape index (κ2) is 6.06. The molecule has 1 aromatic rings. The Morgan fingerprint density at radius 2 is 1.89 bits per heavy atom. The van der Waals surface area contributed by atoms with E-state index in [1.165, 1.54) is 0 Å². The van der Waals surface area contributed by atoms with Gasteiger partial charge in [-0.15, -0.1) is 0 Å². The quantitative estimate of drug-likeness (QED) is 0.820. The molecule has 4 heteroatoms. The van der Waals surface area contributed by atoms with Crippen LogP contribution in [-0.4, -0.2) is 48.1 Å². The molecule has 0 aromatic heterocycles. The fourth-order valence-corrected chi connectivity index (χ4v) is 2.36. The van der Waals surface area contributed by atoms with E-state index in [0.717, 1.165) is 18.7 Å². The summed E-state index contributed by atoms with van der Waals surface area (Å²) in [4.78, 5) is 16.2. The van der Waals surface area contributed by atoms with Crippen LogP contribution in [0.25, 0.3) is 0 Å². The summed E-state index contributed by atoms with van der Waals surface area (Å²) < 4.78 is 5.39. The van der Waals surface area contributed by atoms with Gasteiger partial charge < -0.3 is 9.64 Å². The minimum absolute atomic E-state index is 0.182. The first kappa shape index (κ1) is 13.9. The maximum atomic E-state index is 12.1. The smallest absolute Gasteiger partial charge is 0.410 e. The molecule has 0 unspecified atom stereocenters. The molecule has 0 bridgehead atoms. The molecule has 1 fully saturated rings. The minimum Gasteiger partial charge on any atom is -0.445 e. The number of carbonyl (C=O) groups is 1. The van der Waals surface area contributed by atoms with Gasteiger partial charge in [-0.1, -0.05) is 30.3 Å². The minimum atomic E-state index is -0.212. The highest BCUT2D eigenvalue weighted by Crippen LogP contribution is 2.16. The van der Waals surface area contributed by atoms with Crippen LogP contribution in [0.3, 0.4) is 0 Å². The van der Waals surface area contributed by atoms with Gasteiger partial charge in [-0.05, 0) is 26.5 Å². The summed E-state index contributed by atoms with van der Waals surface area (Å²) in [5.41, 5.74) is 1.02. The van der Waals surface area contributed by atoms with Crippen LogP contribution >= 0.6 is 0 Å². The van der Waals surface area contributed by atoms with Crippen molar-refractivity contribution in [3.8, 4) is 0 Å². The number of likely N-dealkylation sites (N-methyl/N-ethyl adjacent to an activating group) is 1. The van der Waals surface area contributed by atoms with Crippen LogP contribution in [0.1, 0.15) is 19.4 Å². The van der Waals surface area contributed by atoms with Gasteiger partial charge in [0, 0.05) is 25.2 Å². The van der Waals surface area contributed by atoms with Crippen molar-refractivity contribution in [1.82, 2.24) is 9.80 Å². The van der Waals surface area contributed by atoms with Gasteiger partial charge in [-0.25, -0.2) is 4.79 Å². The Morgan fingerprint density at radius 3 is 2.58 bits per heavy atom. The van der Waals surface area contributed by atoms with Crippen molar-refractivity contribution in [3.05, 3.63) is 35.9 Å². The van der Waals surface area contributed by atoms with Crippen molar-refractivity contribution >= 4 is 6.09 Å². The average Bonchev–Trinajstić information content (AvgIpc) is 2.43. The number of piperazine rings is 1. The second-order valence-corrected chi connectivity index (χ2v) is 5.20. The molecule has 2 atom stereocenters. The first-order chi connectivity index (χ1) is 9.09. The molecule has 1 saturated heterocycles. The van der Waals surface area contributed by atoms with E-state index in [2.05, 4.69) is 25.8 Å². The van der Waals surface area contributed by atoms with E-state index in [4.69, 9.17) is 4.74 Å². The average molecular weight is 262 g/mol. The van der Waals surface area contributed by atoms with Crippen LogP contribution in [0.15, 0.2) is 30.3 Å². The number of carbonyl (C=O) groups excluding carboxylic acids is 1. The van der Waals surface area contributed by atoms with Crippen LogP contribution in [0.5, 0.6) is 0 Å². The highest BCUT2D eigenvalue weighted by molar-refractivity contribution is 5.68. The van der Waals surface area contributed by atoms with E-state index in [1.54, 1.807) is 0 Å². The molecule has 19 heavy (non-hydrogen) atoms. The molecule has 0 aliphatic carbocycles. The van der Waals surface area contributed by atoms with Gasteiger partial charge in [0.1, 0.15) is 6.61 Å².